The molecule has 0 aromatic heterocycles. The molecule has 0 bridgehead atoms. The number of rotatable bonds is 7. The quantitative estimate of drug-likeness (QED) is 0.685. The summed E-state index contributed by atoms with van der Waals surface area (Å²) in [6.07, 6.45) is -0.0559. The maximum absolute atomic E-state index is 13.2. The number of nitrogens with one attached hydrogen (secondary N) is 1. The third kappa shape index (κ3) is 5.46. The Morgan fingerprint density at radius 3 is 2.46 bits per heavy atom. The van der Waals surface area contributed by atoms with Crippen molar-refractivity contribution >= 4 is 11.1 Å². The van der Waals surface area contributed by atoms with Gasteiger partial charge in [-0.1, -0.05) is 36.4 Å². The Bertz CT molecular complexity index is 785. The second kappa shape index (κ2) is 9.71. The van der Waals surface area contributed by atoms with Gasteiger partial charge >= 0.3 is 0 Å². The molecule has 4 atom stereocenters. The minimum absolute atomic E-state index is 0.00620. The van der Waals surface area contributed by atoms with Crippen LogP contribution in [-0.2, 0) is 15.8 Å². The fourth-order valence-electron chi connectivity index (χ4n) is 3.49. The minimum Gasteiger partial charge on any atom is -0.371 e. The summed E-state index contributed by atoms with van der Waals surface area (Å²) in [5.74, 6) is -0.184. The van der Waals surface area contributed by atoms with E-state index in [4.69, 9.17) is 9.29 Å². The van der Waals surface area contributed by atoms with E-state index in [0.29, 0.717) is 6.61 Å². The number of halogens is 1. The normalized spacial score (nSPS) is 21.2. The molecule has 5 nitrogen and oxygen atoms in total. The average Bonchev–Trinajstić information content (AvgIpc) is 2.72. The average molecular weight is 407 g/mol. The van der Waals surface area contributed by atoms with Gasteiger partial charge in [0.15, 0.2) is 11.1 Å². The van der Waals surface area contributed by atoms with E-state index in [9.17, 15) is 8.60 Å². The first-order valence-electron chi connectivity index (χ1n) is 9.46. The number of nitrogens with zero attached hydrogens (tertiary/aromatic N) is 1. The summed E-state index contributed by atoms with van der Waals surface area (Å²) in [6.45, 7) is 6.40. The van der Waals surface area contributed by atoms with Crippen molar-refractivity contribution < 1.29 is 17.9 Å². The lowest BCUT2D eigenvalue weighted by atomic mass is 10.0. The van der Waals surface area contributed by atoms with Crippen LogP contribution in [0, 0.1) is 5.82 Å². The van der Waals surface area contributed by atoms with Gasteiger partial charge in [0.1, 0.15) is 5.82 Å². The van der Waals surface area contributed by atoms with Gasteiger partial charge in [0.05, 0.1) is 18.6 Å². The van der Waals surface area contributed by atoms with Crippen molar-refractivity contribution in [3.8, 4) is 0 Å². The van der Waals surface area contributed by atoms with Gasteiger partial charge in [0.25, 0.3) is 0 Å². The van der Waals surface area contributed by atoms with Gasteiger partial charge in [-0.3, -0.25) is 10.2 Å². The van der Waals surface area contributed by atoms with E-state index in [-0.39, 0.29) is 29.9 Å². The molecule has 0 radical (unpaired) electrons. The molecule has 7 heteroatoms. The lowest BCUT2D eigenvalue weighted by molar-refractivity contribution is -0.0431. The molecule has 3 rings (SSSR count). The van der Waals surface area contributed by atoms with Crippen LogP contribution < -0.4 is 5.32 Å². The van der Waals surface area contributed by atoms with Crippen LogP contribution in [0.4, 0.5) is 4.39 Å². The van der Waals surface area contributed by atoms with Crippen molar-refractivity contribution in [1.82, 2.24) is 10.2 Å². The lowest BCUT2D eigenvalue weighted by Gasteiger charge is -2.37. The van der Waals surface area contributed by atoms with Crippen LogP contribution >= 0.6 is 0 Å². The molecular formula is C21H27FN2O3S. The zero-order chi connectivity index (χ0) is 20.1. The Morgan fingerprint density at radius 2 is 1.82 bits per heavy atom. The van der Waals surface area contributed by atoms with E-state index >= 15 is 0 Å². The van der Waals surface area contributed by atoms with Gasteiger partial charge in [-0.05, 0) is 42.7 Å². The van der Waals surface area contributed by atoms with E-state index in [1.807, 2.05) is 6.92 Å². The highest BCUT2D eigenvalue weighted by molar-refractivity contribution is 7.79. The fourth-order valence-corrected chi connectivity index (χ4v) is 3.88. The van der Waals surface area contributed by atoms with Gasteiger partial charge in [0.2, 0.25) is 0 Å². The molecule has 2 unspecified atom stereocenters. The highest BCUT2D eigenvalue weighted by Gasteiger charge is 2.26. The van der Waals surface area contributed by atoms with Gasteiger partial charge in [-0.25, -0.2) is 8.60 Å². The Balaban J connectivity index is 1.63. The first-order chi connectivity index (χ1) is 13.4. The first kappa shape index (κ1) is 21.1. The number of benzene rings is 2. The first-order valence-corrected chi connectivity index (χ1v) is 10.7. The molecule has 28 heavy (non-hydrogen) atoms. The van der Waals surface area contributed by atoms with Crippen LogP contribution in [0.15, 0.2) is 48.5 Å². The maximum atomic E-state index is 13.2. The topological polar surface area (TPSA) is 61.8 Å². The van der Waals surface area contributed by atoms with Gasteiger partial charge in [-0.15, -0.1) is 0 Å². The van der Waals surface area contributed by atoms with Crippen LogP contribution in [0.2, 0.25) is 0 Å². The molecule has 1 saturated heterocycles. The van der Waals surface area contributed by atoms with Crippen molar-refractivity contribution in [1.29, 1.82) is 0 Å². The minimum atomic E-state index is -1.85. The van der Waals surface area contributed by atoms with E-state index < -0.39 is 11.1 Å². The van der Waals surface area contributed by atoms with Crippen molar-refractivity contribution in [2.24, 2.45) is 0 Å². The Kier molecular flexibility index (Phi) is 7.31. The number of morpholine rings is 1. The standard InChI is InChI=1S/C21H27FN2O3S/c1-15(23-14-28(25)26)17-3-5-18(6-4-17)16(2)24-11-12-27-21(13-24)19-7-9-20(22)10-8-19/h3-10,15-16,21,23H,11-14H2,1-2H3,(H,25,26)/t15-,16?,21-/m1/s1. The summed E-state index contributed by atoms with van der Waals surface area (Å²) >= 11 is -1.85. The van der Waals surface area contributed by atoms with Crippen molar-refractivity contribution in [2.45, 2.75) is 32.0 Å². The summed E-state index contributed by atoms with van der Waals surface area (Å²) in [4.78, 5) is 2.38. The number of hydrogen-bond acceptors (Lipinski definition) is 4. The summed E-state index contributed by atoms with van der Waals surface area (Å²) in [5.41, 5.74) is 3.28. The van der Waals surface area contributed by atoms with E-state index in [1.165, 1.54) is 17.7 Å². The molecule has 2 N–H and O–H groups in total. The molecule has 1 aliphatic rings. The summed E-state index contributed by atoms with van der Waals surface area (Å²) in [6, 6.07) is 15.1. The SMILES string of the molecule is CC(c1ccc([C@@H](C)NCS(=O)O)cc1)N1CCO[C@@H](c2ccc(F)cc2)C1. The Hall–Kier alpha value is -1.64. The van der Waals surface area contributed by atoms with E-state index in [2.05, 4.69) is 41.4 Å². The predicted molar refractivity (Wildman–Crippen MR) is 109 cm³/mol. The Labute approximate surface area is 168 Å². The zero-order valence-corrected chi connectivity index (χ0v) is 17.0. The lowest BCUT2D eigenvalue weighted by Crippen LogP contribution is -2.39. The van der Waals surface area contributed by atoms with Crippen molar-refractivity contribution in [2.75, 3.05) is 25.6 Å². The molecule has 0 amide bonds. The maximum Gasteiger partial charge on any atom is 0.167 e. The summed E-state index contributed by atoms with van der Waals surface area (Å²) < 4.78 is 38.8. The zero-order valence-electron chi connectivity index (χ0n) is 16.2. The number of ether oxygens (including phenoxy) is 1. The Morgan fingerprint density at radius 1 is 1.18 bits per heavy atom. The molecule has 1 aliphatic heterocycles. The third-order valence-corrected chi connectivity index (χ3v) is 5.73. The molecular weight excluding hydrogens is 379 g/mol. The smallest absolute Gasteiger partial charge is 0.167 e. The largest absolute Gasteiger partial charge is 0.371 e. The van der Waals surface area contributed by atoms with Gasteiger partial charge in [-0.2, -0.15) is 0 Å². The highest BCUT2D eigenvalue weighted by atomic mass is 32.2. The monoisotopic (exact) mass is 406 g/mol. The summed E-state index contributed by atoms with van der Waals surface area (Å²) in [5, 5.41) is 3.03. The molecule has 1 heterocycles. The molecule has 1 fully saturated rings. The van der Waals surface area contributed by atoms with Crippen LogP contribution in [0.3, 0.4) is 0 Å². The van der Waals surface area contributed by atoms with E-state index in [1.54, 1.807) is 12.1 Å². The number of hydrogen-bond donors (Lipinski definition) is 2. The van der Waals surface area contributed by atoms with Crippen LogP contribution in [-0.4, -0.2) is 39.2 Å². The van der Waals surface area contributed by atoms with Crippen LogP contribution in [0.5, 0.6) is 0 Å². The third-order valence-electron chi connectivity index (χ3n) is 5.32. The molecule has 0 saturated carbocycles. The molecule has 152 valence electrons. The second-order valence-corrected chi connectivity index (χ2v) is 8.07. The van der Waals surface area contributed by atoms with Gasteiger partial charge in [0, 0.05) is 25.2 Å². The van der Waals surface area contributed by atoms with Crippen LogP contribution in [0.25, 0.3) is 0 Å². The van der Waals surface area contributed by atoms with Gasteiger partial charge < -0.3 is 9.29 Å². The molecule has 2 aromatic rings. The predicted octanol–water partition coefficient (Wildman–Crippen LogP) is 3.79. The highest BCUT2D eigenvalue weighted by Crippen LogP contribution is 2.29. The molecule has 0 aliphatic carbocycles. The second-order valence-electron chi connectivity index (χ2n) is 7.14. The van der Waals surface area contributed by atoms with Crippen LogP contribution in [0.1, 0.15) is 48.7 Å². The molecule has 0 spiro atoms. The van der Waals surface area contributed by atoms with Crippen molar-refractivity contribution in [3.05, 3.63) is 71.0 Å². The molecule has 2 aromatic carbocycles. The van der Waals surface area contributed by atoms with Crippen molar-refractivity contribution in [3.63, 3.8) is 0 Å². The summed E-state index contributed by atoms with van der Waals surface area (Å²) in [7, 11) is 0. The van der Waals surface area contributed by atoms with E-state index in [0.717, 1.165) is 24.2 Å². The fraction of sp³-hybridized carbons (Fsp3) is 0.429.